The van der Waals surface area contributed by atoms with Crippen LogP contribution in [0.3, 0.4) is 0 Å². The summed E-state index contributed by atoms with van der Waals surface area (Å²) in [6.07, 6.45) is 3.36. The first-order valence-corrected chi connectivity index (χ1v) is 16.1. The third kappa shape index (κ3) is 6.79. The van der Waals surface area contributed by atoms with E-state index in [4.69, 9.17) is 0 Å². The van der Waals surface area contributed by atoms with Crippen LogP contribution in [0.1, 0.15) is 27.7 Å². The van der Waals surface area contributed by atoms with E-state index >= 15 is 0 Å². The van der Waals surface area contributed by atoms with Crippen molar-refractivity contribution in [2.75, 3.05) is 0 Å². The van der Waals surface area contributed by atoms with Crippen LogP contribution in [0.15, 0.2) is 77.4 Å². The Labute approximate surface area is 190 Å². The van der Waals surface area contributed by atoms with Gasteiger partial charge < -0.3 is 0 Å². The molecule has 0 saturated carbocycles. The molecule has 1 atom stereocenters. The fourth-order valence-corrected chi connectivity index (χ4v) is 3.22. The van der Waals surface area contributed by atoms with Crippen LogP contribution in [0.4, 0.5) is 4.39 Å². The number of hydrogen-bond donors (Lipinski definition) is 0. The van der Waals surface area contributed by atoms with Gasteiger partial charge in [-0.05, 0) is 12.1 Å². The zero-order valence-electron chi connectivity index (χ0n) is 18.2. The molecule has 4 rings (SSSR count). The Morgan fingerprint density at radius 3 is 2.21 bits per heavy atom. The van der Waals surface area contributed by atoms with Gasteiger partial charge in [-0.25, -0.2) is 9.96 Å². The van der Waals surface area contributed by atoms with Gasteiger partial charge in [-0.3, -0.25) is 6.08 Å². The fraction of sp³-hybridized carbons (Fsp3) is 0.269. The van der Waals surface area contributed by atoms with Crippen molar-refractivity contribution in [2.45, 2.75) is 40.8 Å². The Morgan fingerprint density at radius 1 is 1.03 bits per heavy atom. The molecule has 3 heteroatoms. The van der Waals surface area contributed by atoms with E-state index in [1.165, 1.54) is 33.6 Å². The first-order chi connectivity index (χ1) is 13.7. The second-order valence-corrected chi connectivity index (χ2v) is 17.0. The van der Waals surface area contributed by atoms with Crippen molar-refractivity contribution < 1.29 is 27.7 Å². The summed E-state index contributed by atoms with van der Waals surface area (Å²) in [5, 5.41) is 2.37. The summed E-state index contributed by atoms with van der Waals surface area (Å²) in [5.41, 5.74) is 6.48. The van der Waals surface area contributed by atoms with E-state index in [-0.39, 0.29) is 11.3 Å². The second-order valence-electron chi connectivity index (χ2n) is 7.64. The first-order valence-electron chi connectivity index (χ1n) is 9.90. The van der Waals surface area contributed by atoms with E-state index in [0.717, 1.165) is 11.1 Å². The van der Waals surface area contributed by atoms with Gasteiger partial charge in [0.05, 0.1) is 0 Å². The zero-order valence-corrected chi connectivity index (χ0v) is 21.7. The Balaban J connectivity index is 0.000000195. The number of allylic oxidation sites excluding steroid dienone is 4. The molecule has 0 bridgehead atoms. The molecule has 0 fully saturated rings. The maximum Gasteiger partial charge on any atom is 0.122 e. The molecule has 1 aliphatic carbocycles. The third-order valence-electron chi connectivity index (χ3n) is 5.05. The third-order valence-corrected chi connectivity index (χ3v) is 5.05. The molecule has 148 valence electrons. The summed E-state index contributed by atoms with van der Waals surface area (Å²) in [6, 6.07) is 19.0. The molecule has 29 heavy (non-hydrogen) atoms. The molecule has 3 aromatic rings. The number of halogens is 1. The van der Waals surface area contributed by atoms with Gasteiger partial charge in [0.25, 0.3) is 0 Å². The molecular weight excluding hydrogens is 451 g/mol. The SMILES string of the molecule is CC1=[C-]C(C)C(C)=C1C.C[Si](C)=[Zr+2].Fc1cccc(-c2c[cH-]c3ccccc23)c1. The standard InChI is InChI=1S/C15H10F.C9H13.C2H6Si.Zr/c16-13-6-3-5-12(10-13)15-9-8-11-4-1-2-7-14(11)15;1-6-5-7(2)9(4)8(6)3;1-3-2;/h1-10H;6H,1-4H3;1-2H3;/q2*-1;;+2. The summed E-state index contributed by atoms with van der Waals surface area (Å²) >= 11 is 1.74. The number of rotatable bonds is 1. The molecule has 0 aliphatic heterocycles. The molecular formula is C26H29FSiZr. The molecule has 0 heterocycles. The molecule has 0 amide bonds. The van der Waals surface area contributed by atoms with Crippen LogP contribution in [0.5, 0.6) is 0 Å². The van der Waals surface area contributed by atoms with Crippen molar-refractivity contribution in [2.24, 2.45) is 5.92 Å². The van der Waals surface area contributed by atoms with Crippen molar-refractivity contribution in [1.29, 1.82) is 0 Å². The summed E-state index contributed by atoms with van der Waals surface area (Å²) in [5.74, 6) is 0.368. The van der Waals surface area contributed by atoms with Crippen LogP contribution in [0.25, 0.3) is 21.9 Å². The van der Waals surface area contributed by atoms with Gasteiger partial charge in [0.2, 0.25) is 0 Å². The monoisotopic (exact) mass is 478 g/mol. The quantitative estimate of drug-likeness (QED) is 0.246. The Hall–Kier alpha value is -1.44. The Morgan fingerprint density at radius 2 is 1.69 bits per heavy atom. The van der Waals surface area contributed by atoms with Gasteiger partial charge in [0, 0.05) is 0 Å². The molecule has 3 aromatic carbocycles. The molecule has 0 N–H and O–H groups in total. The molecule has 0 saturated heterocycles. The van der Waals surface area contributed by atoms with Crippen molar-refractivity contribution >= 4 is 16.2 Å². The van der Waals surface area contributed by atoms with Crippen LogP contribution in [-0.2, 0) is 23.3 Å². The maximum atomic E-state index is 13.2. The minimum atomic E-state index is -0.192. The summed E-state index contributed by atoms with van der Waals surface area (Å²) < 4.78 is 13.2. The van der Waals surface area contributed by atoms with E-state index in [2.05, 4.69) is 65.1 Å². The second kappa shape index (κ2) is 11.1. The van der Waals surface area contributed by atoms with Crippen molar-refractivity contribution in [3.63, 3.8) is 0 Å². The molecule has 0 aromatic heterocycles. The predicted octanol–water partition coefficient (Wildman–Crippen LogP) is 7.87. The maximum absolute atomic E-state index is 13.2. The minimum absolute atomic E-state index is 0.192. The van der Waals surface area contributed by atoms with Gasteiger partial charge in [0.1, 0.15) is 5.82 Å². The topological polar surface area (TPSA) is 0 Å². The largest absolute Gasteiger partial charge is 0.207 e. The Kier molecular flexibility index (Phi) is 9.11. The van der Waals surface area contributed by atoms with Crippen molar-refractivity contribution in [3.8, 4) is 11.1 Å². The average molecular weight is 480 g/mol. The van der Waals surface area contributed by atoms with Crippen molar-refractivity contribution in [3.05, 3.63) is 89.3 Å². The van der Waals surface area contributed by atoms with Crippen LogP contribution < -0.4 is 0 Å². The van der Waals surface area contributed by atoms with Gasteiger partial charge in [-0.15, -0.1) is 53.6 Å². The van der Waals surface area contributed by atoms with E-state index in [9.17, 15) is 4.39 Å². The van der Waals surface area contributed by atoms with E-state index < -0.39 is 0 Å². The van der Waals surface area contributed by atoms with Gasteiger partial charge in [-0.2, -0.15) is 11.1 Å². The fourth-order valence-electron chi connectivity index (χ4n) is 3.22. The van der Waals surface area contributed by atoms with Gasteiger partial charge in [-0.1, -0.05) is 50.5 Å². The van der Waals surface area contributed by atoms with Crippen LogP contribution in [0.2, 0.25) is 13.1 Å². The van der Waals surface area contributed by atoms with E-state index in [0.29, 0.717) is 5.92 Å². The summed E-state index contributed by atoms with van der Waals surface area (Å²) in [7, 11) is 0. The molecule has 0 spiro atoms. The van der Waals surface area contributed by atoms with Crippen LogP contribution >= 0.6 is 0 Å². The van der Waals surface area contributed by atoms with Gasteiger partial charge in [0.15, 0.2) is 0 Å². The van der Waals surface area contributed by atoms with E-state index in [1.807, 2.05) is 24.3 Å². The van der Waals surface area contributed by atoms with Crippen molar-refractivity contribution in [1.82, 2.24) is 0 Å². The molecule has 1 unspecified atom stereocenters. The molecule has 0 nitrogen and oxygen atoms in total. The average Bonchev–Trinajstić information content (AvgIpc) is 3.19. The predicted molar refractivity (Wildman–Crippen MR) is 122 cm³/mol. The smallest absolute Gasteiger partial charge is 0.122 e. The summed E-state index contributed by atoms with van der Waals surface area (Å²) in [6.45, 7) is 13.3. The Bertz CT molecular complexity index is 1050. The number of hydrogen-bond acceptors (Lipinski definition) is 0. The normalized spacial score (nSPS) is 15.3. The van der Waals surface area contributed by atoms with E-state index in [1.54, 1.807) is 35.5 Å². The summed E-state index contributed by atoms with van der Waals surface area (Å²) in [4.78, 5) is 0. The van der Waals surface area contributed by atoms with Crippen LogP contribution in [0, 0.1) is 17.8 Å². The first kappa shape index (κ1) is 23.8. The van der Waals surface area contributed by atoms with Crippen LogP contribution in [-0.4, -0.2) is 5.43 Å². The number of fused-ring (bicyclic) bond motifs is 1. The molecule has 0 radical (unpaired) electrons. The van der Waals surface area contributed by atoms with Gasteiger partial charge >= 0.3 is 41.9 Å². The number of benzene rings is 2. The minimum Gasteiger partial charge on any atom is -0.207 e. The molecule has 1 aliphatic rings. The zero-order chi connectivity index (χ0) is 21.6.